The Morgan fingerprint density at radius 3 is 2.52 bits per heavy atom. The molecule has 0 bridgehead atoms. The molecule has 0 spiro atoms. The van der Waals surface area contributed by atoms with Crippen LogP contribution in [-0.4, -0.2) is 11.1 Å². The van der Waals surface area contributed by atoms with Gasteiger partial charge in [-0.05, 0) is 48.0 Å². The topological polar surface area (TPSA) is 46.5 Å². The number of rotatable bonds is 4. The van der Waals surface area contributed by atoms with Crippen LogP contribution in [0.2, 0.25) is 10.0 Å². The predicted molar refractivity (Wildman–Crippen MR) is 79.6 cm³/mol. The summed E-state index contributed by atoms with van der Waals surface area (Å²) in [5.74, 6) is -0.826. The van der Waals surface area contributed by atoms with Crippen LogP contribution in [0, 0.1) is 5.82 Å². The van der Waals surface area contributed by atoms with Crippen molar-refractivity contribution in [2.75, 3.05) is 0 Å². The van der Waals surface area contributed by atoms with Crippen molar-refractivity contribution < 1.29 is 19.0 Å². The highest BCUT2D eigenvalue weighted by Crippen LogP contribution is 2.32. The summed E-state index contributed by atoms with van der Waals surface area (Å²) in [6, 6.07) is 8.50. The van der Waals surface area contributed by atoms with Gasteiger partial charge >= 0.3 is 5.97 Å². The molecule has 2 aromatic carbocycles. The molecule has 0 amide bonds. The van der Waals surface area contributed by atoms with Gasteiger partial charge in [0.15, 0.2) is 0 Å². The van der Waals surface area contributed by atoms with Crippen molar-refractivity contribution in [2.45, 2.75) is 0 Å². The fourth-order valence-corrected chi connectivity index (χ4v) is 1.99. The molecule has 6 heteroatoms. The van der Waals surface area contributed by atoms with E-state index in [-0.39, 0.29) is 5.02 Å². The lowest BCUT2D eigenvalue weighted by molar-refractivity contribution is -0.131. The minimum absolute atomic E-state index is 0.140. The van der Waals surface area contributed by atoms with E-state index in [1.54, 1.807) is 12.1 Å². The molecule has 2 aromatic rings. The second kappa shape index (κ2) is 6.61. The average molecular weight is 327 g/mol. The number of carbonyl (C=O) groups is 1. The highest BCUT2D eigenvalue weighted by Gasteiger charge is 2.06. The zero-order chi connectivity index (χ0) is 15.4. The second-order valence-electron chi connectivity index (χ2n) is 4.03. The first kappa shape index (κ1) is 15.4. The van der Waals surface area contributed by atoms with Crippen molar-refractivity contribution in [3.05, 3.63) is 63.9 Å². The van der Waals surface area contributed by atoms with Crippen LogP contribution < -0.4 is 4.74 Å². The third kappa shape index (κ3) is 4.21. The number of carboxylic acids is 1. The van der Waals surface area contributed by atoms with Crippen molar-refractivity contribution in [1.82, 2.24) is 0 Å². The van der Waals surface area contributed by atoms with Crippen LogP contribution in [0.25, 0.3) is 6.08 Å². The molecule has 0 aliphatic rings. The number of ether oxygens (including phenoxy) is 1. The lowest BCUT2D eigenvalue weighted by atomic mass is 10.2. The first-order valence-electron chi connectivity index (χ1n) is 5.79. The van der Waals surface area contributed by atoms with Crippen LogP contribution in [0.5, 0.6) is 11.5 Å². The SMILES string of the molecule is O=C(O)/C=C/c1ccc(Oc2ccc(F)cc2Cl)cc1Cl. The van der Waals surface area contributed by atoms with Gasteiger partial charge in [-0.3, -0.25) is 0 Å². The number of aliphatic carboxylic acids is 1. The molecule has 21 heavy (non-hydrogen) atoms. The van der Waals surface area contributed by atoms with Crippen molar-refractivity contribution in [1.29, 1.82) is 0 Å². The maximum atomic E-state index is 12.9. The standard InChI is InChI=1S/C15H9Cl2FO3/c16-12-8-11(4-1-9(12)2-6-15(19)20)21-14-5-3-10(18)7-13(14)17/h1-8H,(H,19,20)/b6-2+. The molecular formula is C15H9Cl2FO3. The molecule has 0 aliphatic carbocycles. The van der Waals surface area contributed by atoms with E-state index >= 15 is 0 Å². The van der Waals surface area contributed by atoms with E-state index in [4.69, 9.17) is 33.0 Å². The summed E-state index contributed by atoms with van der Waals surface area (Å²) in [6.07, 6.45) is 2.36. The Balaban J connectivity index is 2.22. The molecule has 3 nitrogen and oxygen atoms in total. The van der Waals surface area contributed by atoms with Crippen LogP contribution >= 0.6 is 23.2 Å². The lowest BCUT2D eigenvalue weighted by Crippen LogP contribution is -1.88. The summed E-state index contributed by atoms with van der Waals surface area (Å²) >= 11 is 11.9. The van der Waals surface area contributed by atoms with Crippen LogP contribution in [-0.2, 0) is 4.79 Å². The Hall–Kier alpha value is -2.04. The van der Waals surface area contributed by atoms with Gasteiger partial charge in [0, 0.05) is 6.08 Å². The number of benzene rings is 2. The van der Waals surface area contributed by atoms with E-state index in [0.717, 1.165) is 12.1 Å². The van der Waals surface area contributed by atoms with E-state index in [1.807, 2.05) is 0 Å². The second-order valence-corrected chi connectivity index (χ2v) is 4.85. The Morgan fingerprint density at radius 1 is 1.14 bits per heavy atom. The normalized spacial score (nSPS) is 10.8. The fraction of sp³-hybridized carbons (Fsp3) is 0. The maximum absolute atomic E-state index is 12.9. The predicted octanol–water partition coefficient (Wildman–Crippen LogP) is 5.02. The molecule has 0 unspecified atom stereocenters. The Bertz CT molecular complexity index is 714. The van der Waals surface area contributed by atoms with Gasteiger partial charge in [0.25, 0.3) is 0 Å². The van der Waals surface area contributed by atoms with E-state index < -0.39 is 11.8 Å². The van der Waals surface area contributed by atoms with Crippen molar-refractivity contribution in [2.24, 2.45) is 0 Å². The number of carboxylic acid groups (broad SMARTS) is 1. The summed E-state index contributed by atoms with van der Waals surface area (Å²) in [5.41, 5.74) is 0.539. The van der Waals surface area contributed by atoms with E-state index in [9.17, 15) is 9.18 Å². The highest BCUT2D eigenvalue weighted by molar-refractivity contribution is 6.32. The summed E-state index contributed by atoms with van der Waals surface area (Å²) in [5, 5.41) is 9.03. The summed E-state index contributed by atoms with van der Waals surface area (Å²) in [7, 11) is 0. The number of hydrogen-bond donors (Lipinski definition) is 1. The summed E-state index contributed by atoms with van der Waals surface area (Å²) in [4.78, 5) is 10.5. The molecule has 108 valence electrons. The molecule has 0 radical (unpaired) electrons. The molecular weight excluding hydrogens is 318 g/mol. The molecule has 2 rings (SSSR count). The van der Waals surface area contributed by atoms with E-state index in [0.29, 0.717) is 22.1 Å². The first-order valence-corrected chi connectivity index (χ1v) is 6.55. The molecule has 0 fully saturated rings. The molecule has 0 heterocycles. The Kier molecular flexibility index (Phi) is 4.83. The van der Waals surface area contributed by atoms with Gasteiger partial charge in [-0.25, -0.2) is 9.18 Å². The van der Waals surface area contributed by atoms with Gasteiger partial charge in [0.05, 0.1) is 10.0 Å². The van der Waals surface area contributed by atoms with Crippen molar-refractivity contribution >= 4 is 35.2 Å². The molecule has 1 N–H and O–H groups in total. The fourth-order valence-electron chi connectivity index (χ4n) is 1.55. The zero-order valence-electron chi connectivity index (χ0n) is 10.5. The quantitative estimate of drug-likeness (QED) is 0.802. The molecule has 0 atom stereocenters. The van der Waals surface area contributed by atoms with Crippen LogP contribution in [0.1, 0.15) is 5.56 Å². The minimum atomic E-state index is -1.07. The van der Waals surface area contributed by atoms with Gasteiger partial charge < -0.3 is 9.84 Å². The van der Waals surface area contributed by atoms with Crippen LogP contribution in [0.3, 0.4) is 0 Å². The maximum Gasteiger partial charge on any atom is 0.328 e. The summed E-state index contributed by atoms with van der Waals surface area (Å²) in [6.45, 7) is 0. The van der Waals surface area contributed by atoms with Crippen molar-refractivity contribution in [3.8, 4) is 11.5 Å². The first-order chi connectivity index (χ1) is 9.95. The molecule has 0 saturated heterocycles. The molecule has 0 saturated carbocycles. The molecule has 0 aliphatic heterocycles. The van der Waals surface area contributed by atoms with Gasteiger partial charge in [0.1, 0.15) is 17.3 Å². The van der Waals surface area contributed by atoms with E-state index in [2.05, 4.69) is 0 Å². The Labute approximate surface area is 130 Å². The van der Waals surface area contributed by atoms with Crippen LogP contribution in [0.4, 0.5) is 4.39 Å². The number of hydrogen-bond acceptors (Lipinski definition) is 2. The third-order valence-electron chi connectivity index (χ3n) is 2.50. The van der Waals surface area contributed by atoms with Gasteiger partial charge in [-0.1, -0.05) is 23.2 Å². The zero-order valence-corrected chi connectivity index (χ0v) is 12.0. The third-order valence-corrected chi connectivity index (χ3v) is 3.12. The minimum Gasteiger partial charge on any atom is -0.478 e. The monoisotopic (exact) mass is 326 g/mol. The van der Waals surface area contributed by atoms with Gasteiger partial charge in [0.2, 0.25) is 0 Å². The molecule has 0 aromatic heterocycles. The van der Waals surface area contributed by atoms with Gasteiger partial charge in [-0.15, -0.1) is 0 Å². The van der Waals surface area contributed by atoms with Gasteiger partial charge in [-0.2, -0.15) is 0 Å². The van der Waals surface area contributed by atoms with Crippen LogP contribution in [0.15, 0.2) is 42.5 Å². The highest BCUT2D eigenvalue weighted by atomic mass is 35.5. The van der Waals surface area contributed by atoms with E-state index in [1.165, 1.54) is 24.3 Å². The lowest BCUT2D eigenvalue weighted by Gasteiger charge is -2.08. The largest absolute Gasteiger partial charge is 0.478 e. The van der Waals surface area contributed by atoms with Crippen molar-refractivity contribution in [3.63, 3.8) is 0 Å². The average Bonchev–Trinajstić information content (AvgIpc) is 2.41. The smallest absolute Gasteiger partial charge is 0.328 e. The Morgan fingerprint density at radius 2 is 1.90 bits per heavy atom. The summed E-state index contributed by atoms with van der Waals surface area (Å²) < 4.78 is 18.4. The number of halogens is 3.